The quantitative estimate of drug-likeness (QED) is 0.466. The van der Waals surface area contributed by atoms with Crippen molar-refractivity contribution >= 4 is 5.96 Å². The summed E-state index contributed by atoms with van der Waals surface area (Å²) in [6, 6.07) is 5.43. The number of ether oxygens (including phenoxy) is 2. The Kier molecular flexibility index (Phi) is 7.01. The molecule has 0 amide bonds. The van der Waals surface area contributed by atoms with E-state index < -0.39 is 11.7 Å². The van der Waals surface area contributed by atoms with Crippen LogP contribution in [-0.4, -0.2) is 81.4 Å². The normalized spacial score (nSPS) is 21.8. The van der Waals surface area contributed by atoms with E-state index in [9.17, 15) is 13.2 Å². The Labute approximate surface area is 163 Å². The number of aliphatic imine (C=N–C) groups is 1. The summed E-state index contributed by atoms with van der Waals surface area (Å²) in [7, 11) is 1.73. The average molecular weight is 400 g/mol. The highest BCUT2D eigenvalue weighted by Gasteiger charge is 2.31. The van der Waals surface area contributed by atoms with Crippen molar-refractivity contribution in [2.75, 3.05) is 59.6 Å². The molecular weight excluding hydrogens is 373 g/mol. The summed E-state index contributed by atoms with van der Waals surface area (Å²) in [4.78, 5) is 9.00. The summed E-state index contributed by atoms with van der Waals surface area (Å²) in [5.41, 5.74) is -0.708. The highest BCUT2D eigenvalue weighted by Crippen LogP contribution is 2.31. The first kappa shape index (κ1) is 20.7. The lowest BCUT2D eigenvalue weighted by Gasteiger charge is -2.32. The van der Waals surface area contributed by atoms with Gasteiger partial charge in [0.2, 0.25) is 0 Å². The second-order valence-corrected chi connectivity index (χ2v) is 6.88. The Balaban J connectivity index is 1.42. The molecule has 2 aliphatic heterocycles. The molecule has 1 atom stereocenters. The number of nitrogens with zero attached hydrogens (tertiary/aromatic N) is 3. The lowest BCUT2D eigenvalue weighted by Crippen LogP contribution is -2.47. The maximum absolute atomic E-state index is 12.7. The van der Waals surface area contributed by atoms with E-state index in [1.165, 1.54) is 12.1 Å². The number of morpholine rings is 1. The number of guanidine groups is 1. The topological polar surface area (TPSA) is 49.3 Å². The number of benzene rings is 1. The molecule has 2 fully saturated rings. The first-order chi connectivity index (χ1) is 13.5. The van der Waals surface area contributed by atoms with Crippen LogP contribution in [0.3, 0.4) is 0 Å². The van der Waals surface area contributed by atoms with Crippen molar-refractivity contribution in [3.05, 3.63) is 29.8 Å². The van der Waals surface area contributed by atoms with Gasteiger partial charge in [0.25, 0.3) is 0 Å². The number of halogens is 3. The molecule has 156 valence electrons. The minimum Gasteiger partial charge on any atom is -0.492 e. The van der Waals surface area contributed by atoms with Gasteiger partial charge in [-0.05, 0) is 24.6 Å². The van der Waals surface area contributed by atoms with Gasteiger partial charge in [0.1, 0.15) is 12.4 Å². The Morgan fingerprint density at radius 1 is 1.29 bits per heavy atom. The molecule has 28 heavy (non-hydrogen) atoms. The van der Waals surface area contributed by atoms with Crippen LogP contribution in [0.15, 0.2) is 29.3 Å². The molecule has 3 rings (SSSR count). The third kappa shape index (κ3) is 5.51. The Bertz CT molecular complexity index is 663. The standard InChI is InChI=1S/C19H27F3N4O2/c1-23-18(26-7-5-16(14-26)25-8-11-27-12-9-25)24-6-10-28-17-4-2-3-15(13-17)19(20,21)22/h2-4,13,16H,5-12,14H2,1H3,(H,23,24). The highest BCUT2D eigenvalue weighted by molar-refractivity contribution is 5.80. The van der Waals surface area contributed by atoms with Gasteiger partial charge in [-0.15, -0.1) is 0 Å². The van der Waals surface area contributed by atoms with Gasteiger partial charge < -0.3 is 19.7 Å². The van der Waals surface area contributed by atoms with Gasteiger partial charge in [0.05, 0.1) is 25.3 Å². The predicted octanol–water partition coefficient (Wildman–Crippen LogP) is 2.07. The number of alkyl halides is 3. The van der Waals surface area contributed by atoms with Gasteiger partial charge in [0, 0.05) is 39.3 Å². The molecule has 2 saturated heterocycles. The van der Waals surface area contributed by atoms with Gasteiger partial charge in [-0.25, -0.2) is 0 Å². The van der Waals surface area contributed by atoms with Gasteiger partial charge in [-0.3, -0.25) is 9.89 Å². The second-order valence-electron chi connectivity index (χ2n) is 6.88. The van der Waals surface area contributed by atoms with Crippen LogP contribution in [0.5, 0.6) is 5.75 Å². The molecule has 1 aromatic rings. The summed E-state index contributed by atoms with van der Waals surface area (Å²) < 4.78 is 49.1. The number of hydrogen-bond donors (Lipinski definition) is 1. The van der Waals surface area contributed by atoms with Crippen molar-refractivity contribution in [1.29, 1.82) is 0 Å². The molecule has 0 saturated carbocycles. The third-order valence-corrected chi connectivity index (χ3v) is 5.05. The van der Waals surface area contributed by atoms with Crippen LogP contribution in [0.25, 0.3) is 0 Å². The van der Waals surface area contributed by atoms with Gasteiger partial charge in [0.15, 0.2) is 5.96 Å². The predicted molar refractivity (Wildman–Crippen MR) is 101 cm³/mol. The van der Waals surface area contributed by atoms with Gasteiger partial charge in [-0.1, -0.05) is 6.07 Å². The zero-order valence-electron chi connectivity index (χ0n) is 16.0. The molecule has 0 aliphatic carbocycles. The summed E-state index contributed by atoms with van der Waals surface area (Å²) in [5.74, 6) is 1.00. The van der Waals surface area contributed by atoms with Crippen molar-refractivity contribution in [2.24, 2.45) is 4.99 Å². The van der Waals surface area contributed by atoms with Gasteiger partial charge in [-0.2, -0.15) is 13.2 Å². The molecule has 0 radical (unpaired) electrons. The van der Waals surface area contributed by atoms with Crippen molar-refractivity contribution < 1.29 is 22.6 Å². The largest absolute Gasteiger partial charge is 0.492 e. The molecule has 0 aromatic heterocycles. The fourth-order valence-electron chi connectivity index (χ4n) is 3.60. The van der Waals surface area contributed by atoms with Crippen molar-refractivity contribution in [3.8, 4) is 5.75 Å². The molecule has 0 bridgehead atoms. The van der Waals surface area contributed by atoms with E-state index >= 15 is 0 Å². The maximum atomic E-state index is 12.7. The molecule has 6 nitrogen and oxygen atoms in total. The Morgan fingerprint density at radius 3 is 2.79 bits per heavy atom. The molecule has 9 heteroatoms. The lowest BCUT2D eigenvalue weighted by atomic mass is 10.2. The van der Waals surface area contributed by atoms with E-state index in [1.807, 2.05) is 0 Å². The van der Waals surface area contributed by atoms with Crippen LogP contribution in [0.1, 0.15) is 12.0 Å². The Hall–Kier alpha value is -2.00. The summed E-state index contributed by atoms with van der Waals surface area (Å²) in [6.45, 7) is 6.06. The molecular formula is C19H27F3N4O2. The highest BCUT2D eigenvalue weighted by atomic mass is 19.4. The van der Waals surface area contributed by atoms with E-state index in [4.69, 9.17) is 9.47 Å². The van der Waals surface area contributed by atoms with Crippen LogP contribution in [0.2, 0.25) is 0 Å². The van der Waals surface area contributed by atoms with Crippen molar-refractivity contribution in [2.45, 2.75) is 18.6 Å². The minimum absolute atomic E-state index is 0.208. The van der Waals surface area contributed by atoms with Crippen LogP contribution < -0.4 is 10.1 Å². The first-order valence-electron chi connectivity index (χ1n) is 9.55. The number of rotatable bonds is 5. The van der Waals surface area contributed by atoms with Crippen LogP contribution in [0, 0.1) is 0 Å². The molecule has 1 N–H and O–H groups in total. The van der Waals surface area contributed by atoms with Crippen LogP contribution in [0.4, 0.5) is 13.2 Å². The monoisotopic (exact) mass is 400 g/mol. The van der Waals surface area contributed by atoms with E-state index in [2.05, 4.69) is 20.1 Å². The van der Waals surface area contributed by atoms with Crippen molar-refractivity contribution in [1.82, 2.24) is 15.1 Å². The maximum Gasteiger partial charge on any atom is 0.416 e. The van der Waals surface area contributed by atoms with Crippen LogP contribution >= 0.6 is 0 Å². The van der Waals surface area contributed by atoms with Crippen LogP contribution in [-0.2, 0) is 10.9 Å². The fraction of sp³-hybridized carbons (Fsp3) is 0.632. The SMILES string of the molecule is CN=C(NCCOc1cccc(C(F)(F)F)c1)N1CCC(N2CCOCC2)C1. The van der Waals surface area contributed by atoms with E-state index in [1.54, 1.807) is 7.05 Å². The average Bonchev–Trinajstić information content (AvgIpc) is 3.18. The second kappa shape index (κ2) is 9.47. The summed E-state index contributed by atoms with van der Waals surface area (Å²) in [6.07, 6.45) is -3.28. The number of nitrogens with one attached hydrogen (secondary N) is 1. The first-order valence-corrected chi connectivity index (χ1v) is 9.55. The molecule has 1 aromatic carbocycles. The van der Waals surface area contributed by atoms with E-state index in [0.717, 1.165) is 63.9 Å². The smallest absolute Gasteiger partial charge is 0.416 e. The third-order valence-electron chi connectivity index (χ3n) is 5.05. The van der Waals surface area contributed by atoms with E-state index in [0.29, 0.717) is 12.6 Å². The molecule has 2 heterocycles. The summed E-state index contributed by atoms with van der Waals surface area (Å²) >= 11 is 0. The minimum atomic E-state index is -4.37. The molecule has 2 aliphatic rings. The zero-order chi connectivity index (χ0) is 20.0. The molecule has 0 spiro atoms. The zero-order valence-corrected chi connectivity index (χ0v) is 16.0. The van der Waals surface area contributed by atoms with Gasteiger partial charge >= 0.3 is 6.18 Å². The summed E-state index contributed by atoms with van der Waals surface area (Å²) in [5, 5.41) is 3.24. The molecule has 1 unspecified atom stereocenters. The number of likely N-dealkylation sites (tertiary alicyclic amines) is 1. The lowest BCUT2D eigenvalue weighted by molar-refractivity contribution is -0.137. The fourth-order valence-corrected chi connectivity index (χ4v) is 3.60. The van der Waals surface area contributed by atoms with E-state index in [-0.39, 0.29) is 12.4 Å². The Morgan fingerprint density at radius 2 is 2.07 bits per heavy atom. The van der Waals surface area contributed by atoms with Crippen molar-refractivity contribution in [3.63, 3.8) is 0 Å². The number of hydrogen-bond acceptors (Lipinski definition) is 4.